The molecule has 1 N–H and O–H groups in total. The normalized spacial score (nSPS) is 12.1. The zero-order valence-electron chi connectivity index (χ0n) is 11.2. The Morgan fingerprint density at radius 3 is 1.82 bits per heavy atom. The molecule has 0 spiro atoms. The highest BCUT2D eigenvalue weighted by atomic mass is 16.7. The number of carboxylic acid groups (broad SMARTS) is 1. The van der Waals surface area contributed by atoms with E-state index in [0.29, 0.717) is 5.06 Å². The van der Waals surface area contributed by atoms with E-state index in [9.17, 15) is 9.59 Å². The minimum atomic E-state index is -1.17. The van der Waals surface area contributed by atoms with Crippen LogP contribution in [-0.2, 0) is 14.4 Å². The lowest BCUT2D eigenvalue weighted by atomic mass is 10.2. The Bertz CT molecular complexity index is 287. The van der Waals surface area contributed by atoms with Gasteiger partial charge in [-0.25, -0.2) is 4.79 Å². The number of nitrogens with zero attached hydrogens (tertiary/aromatic N) is 1. The van der Waals surface area contributed by atoms with Crippen molar-refractivity contribution in [1.29, 1.82) is 0 Å². The second-order valence-corrected chi connectivity index (χ2v) is 5.61. The summed E-state index contributed by atoms with van der Waals surface area (Å²) in [5, 5.41) is 9.41. The molecule has 17 heavy (non-hydrogen) atoms. The fourth-order valence-electron chi connectivity index (χ4n) is 0.900. The summed E-state index contributed by atoms with van der Waals surface area (Å²) in [5.74, 6) is -1.17. The molecule has 1 amide bonds. The van der Waals surface area contributed by atoms with Gasteiger partial charge in [0.25, 0.3) is 0 Å². The molecule has 0 unspecified atom stereocenters. The van der Waals surface area contributed by atoms with Crippen LogP contribution in [0.4, 0.5) is 4.79 Å². The van der Waals surface area contributed by atoms with Gasteiger partial charge >= 0.3 is 12.1 Å². The van der Waals surface area contributed by atoms with Gasteiger partial charge in [0.2, 0.25) is 0 Å². The summed E-state index contributed by atoms with van der Waals surface area (Å²) in [6, 6.07) is 0. The summed E-state index contributed by atoms with van der Waals surface area (Å²) in [4.78, 5) is 27.6. The molecule has 6 heteroatoms. The molecule has 0 fully saturated rings. The van der Waals surface area contributed by atoms with Crippen LogP contribution in [0.1, 0.15) is 41.5 Å². The van der Waals surface area contributed by atoms with Crippen molar-refractivity contribution in [2.24, 2.45) is 0 Å². The van der Waals surface area contributed by atoms with E-state index in [1.807, 2.05) is 0 Å². The van der Waals surface area contributed by atoms with Gasteiger partial charge in [-0.3, -0.25) is 9.63 Å². The SMILES string of the molecule is CC(C)(C)OC(=O)N(CC(=O)O)OC(C)(C)C. The van der Waals surface area contributed by atoms with Crippen LogP contribution in [-0.4, -0.2) is 40.0 Å². The third kappa shape index (κ3) is 8.50. The number of carboxylic acids is 1. The highest BCUT2D eigenvalue weighted by molar-refractivity contribution is 5.76. The van der Waals surface area contributed by atoms with Gasteiger partial charge in [-0.05, 0) is 41.5 Å². The minimum Gasteiger partial charge on any atom is -0.480 e. The molecule has 0 saturated carbocycles. The number of carbonyl (C=O) groups excluding carboxylic acids is 1. The quantitative estimate of drug-likeness (QED) is 0.772. The van der Waals surface area contributed by atoms with E-state index in [-0.39, 0.29) is 0 Å². The van der Waals surface area contributed by atoms with Crippen molar-refractivity contribution in [1.82, 2.24) is 5.06 Å². The zero-order chi connectivity index (χ0) is 13.9. The Morgan fingerprint density at radius 1 is 1.06 bits per heavy atom. The molecule has 0 rings (SSSR count). The van der Waals surface area contributed by atoms with Crippen molar-refractivity contribution in [3.8, 4) is 0 Å². The van der Waals surface area contributed by atoms with E-state index < -0.39 is 29.8 Å². The Kier molecular flexibility index (Phi) is 4.94. The molecule has 6 nitrogen and oxygen atoms in total. The standard InChI is InChI=1S/C11H21NO5/c1-10(2,3)16-9(15)12(7-8(13)14)17-11(4,5)6/h7H2,1-6H3,(H,13,14). The predicted molar refractivity (Wildman–Crippen MR) is 61.4 cm³/mol. The predicted octanol–water partition coefficient (Wildman–Crippen LogP) is 2.04. The maximum absolute atomic E-state index is 11.7. The minimum absolute atomic E-state index is 0.563. The van der Waals surface area contributed by atoms with Crippen molar-refractivity contribution in [2.45, 2.75) is 52.7 Å². The van der Waals surface area contributed by atoms with E-state index in [0.717, 1.165) is 0 Å². The van der Waals surface area contributed by atoms with E-state index in [4.69, 9.17) is 14.7 Å². The number of hydroxylamine groups is 2. The molecule has 0 aliphatic heterocycles. The second kappa shape index (κ2) is 5.35. The van der Waals surface area contributed by atoms with Gasteiger partial charge in [0.15, 0.2) is 0 Å². The maximum atomic E-state index is 11.7. The lowest BCUT2D eigenvalue weighted by Gasteiger charge is -2.30. The first-order chi connectivity index (χ1) is 7.41. The van der Waals surface area contributed by atoms with E-state index in [2.05, 4.69) is 0 Å². The van der Waals surface area contributed by atoms with Crippen LogP contribution in [0.15, 0.2) is 0 Å². The lowest BCUT2D eigenvalue weighted by Crippen LogP contribution is -2.44. The summed E-state index contributed by atoms with van der Waals surface area (Å²) >= 11 is 0. The summed E-state index contributed by atoms with van der Waals surface area (Å²) in [5.41, 5.74) is -1.37. The van der Waals surface area contributed by atoms with E-state index in [1.165, 1.54) is 0 Å². The van der Waals surface area contributed by atoms with Gasteiger partial charge in [-0.2, -0.15) is 5.06 Å². The van der Waals surface area contributed by atoms with Gasteiger partial charge < -0.3 is 9.84 Å². The third-order valence-corrected chi connectivity index (χ3v) is 1.26. The summed E-state index contributed by atoms with van der Waals surface area (Å²) in [6.07, 6.45) is -0.810. The van der Waals surface area contributed by atoms with Gasteiger partial charge in [0.1, 0.15) is 12.1 Å². The first kappa shape index (κ1) is 15.7. The average molecular weight is 247 g/mol. The first-order valence-electron chi connectivity index (χ1n) is 5.32. The molecular formula is C11H21NO5. The molecule has 0 atom stereocenters. The Morgan fingerprint density at radius 2 is 1.53 bits per heavy atom. The van der Waals surface area contributed by atoms with E-state index >= 15 is 0 Å². The van der Waals surface area contributed by atoms with Gasteiger partial charge in [0.05, 0.1) is 5.60 Å². The van der Waals surface area contributed by atoms with E-state index in [1.54, 1.807) is 41.5 Å². The van der Waals surface area contributed by atoms with Crippen LogP contribution >= 0.6 is 0 Å². The molecule has 0 aliphatic rings. The number of ether oxygens (including phenoxy) is 1. The number of hydrogen-bond donors (Lipinski definition) is 1. The summed E-state index contributed by atoms with van der Waals surface area (Å²) < 4.78 is 5.05. The van der Waals surface area contributed by atoms with Crippen LogP contribution in [0.3, 0.4) is 0 Å². The van der Waals surface area contributed by atoms with Crippen LogP contribution in [0.5, 0.6) is 0 Å². The van der Waals surface area contributed by atoms with Gasteiger partial charge in [-0.1, -0.05) is 0 Å². The molecular weight excluding hydrogens is 226 g/mol. The number of rotatable bonds is 3. The number of amides is 1. The topological polar surface area (TPSA) is 76.1 Å². The fourth-order valence-corrected chi connectivity index (χ4v) is 0.900. The highest BCUT2D eigenvalue weighted by Gasteiger charge is 2.28. The Hall–Kier alpha value is -1.30. The van der Waals surface area contributed by atoms with Crippen LogP contribution in [0.2, 0.25) is 0 Å². The molecule has 0 aromatic rings. The lowest BCUT2D eigenvalue weighted by molar-refractivity contribution is -0.214. The largest absolute Gasteiger partial charge is 0.480 e. The Labute approximate surface area is 101 Å². The monoisotopic (exact) mass is 247 g/mol. The molecule has 0 aliphatic carbocycles. The number of hydrogen-bond acceptors (Lipinski definition) is 4. The van der Waals surface area contributed by atoms with Crippen molar-refractivity contribution in [3.63, 3.8) is 0 Å². The number of carbonyl (C=O) groups is 2. The van der Waals surface area contributed by atoms with Crippen LogP contribution in [0.25, 0.3) is 0 Å². The van der Waals surface area contributed by atoms with Crippen LogP contribution in [0, 0.1) is 0 Å². The van der Waals surface area contributed by atoms with Crippen molar-refractivity contribution < 1.29 is 24.3 Å². The third-order valence-electron chi connectivity index (χ3n) is 1.26. The fraction of sp³-hybridized carbons (Fsp3) is 0.818. The van der Waals surface area contributed by atoms with Crippen LogP contribution < -0.4 is 0 Å². The molecule has 0 aromatic heterocycles. The summed E-state index contributed by atoms with van der Waals surface area (Å²) in [7, 11) is 0. The molecule has 0 bridgehead atoms. The first-order valence-corrected chi connectivity index (χ1v) is 5.32. The summed E-state index contributed by atoms with van der Waals surface area (Å²) in [6.45, 7) is 9.67. The highest BCUT2D eigenvalue weighted by Crippen LogP contribution is 2.15. The zero-order valence-corrected chi connectivity index (χ0v) is 11.2. The smallest absolute Gasteiger partial charge is 0.435 e. The van der Waals surface area contributed by atoms with Gasteiger partial charge in [0, 0.05) is 0 Å². The second-order valence-electron chi connectivity index (χ2n) is 5.61. The average Bonchev–Trinajstić information content (AvgIpc) is 1.95. The van der Waals surface area contributed by atoms with Crippen molar-refractivity contribution >= 4 is 12.1 Å². The molecule has 100 valence electrons. The number of aliphatic carboxylic acids is 1. The maximum Gasteiger partial charge on any atom is 0.435 e. The van der Waals surface area contributed by atoms with Gasteiger partial charge in [-0.15, -0.1) is 0 Å². The molecule has 0 radical (unpaired) electrons. The molecule has 0 heterocycles. The van der Waals surface area contributed by atoms with Crippen molar-refractivity contribution in [2.75, 3.05) is 6.54 Å². The van der Waals surface area contributed by atoms with Crippen molar-refractivity contribution in [3.05, 3.63) is 0 Å². The molecule has 0 aromatic carbocycles. The Balaban J connectivity index is 4.68. The molecule has 0 saturated heterocycles.